The number of fused-ring (bicyclic) bond motifs is 1. The quantitative estimate of drug-likeness (QED) is 0.583. The maximum absolute atomic E-state index is 10.3. The molecule has 0 aromatic carbocycles. The SMILES string of the molecule is C=C1C[C@H]2/C(=C/[Si](C)(C)C)CO[C@H]2CCC1(C)O. The minimum Gasteiger partial charge on any atom is -0.386 e. The summed E-state index contributed by atoms with van der Waals surface area (Å²) in [7, 11) is -1.21. The van der Waals surface area contributed by atoms with Crippen molar-refractivity contribution in [3.63, 3.8) is 0 Å². The second-order valence-electron chi connectivity index (χ2n) is 7.16. The summed E-state index contributed by atoms with van der Waals surface area (Å²) >= 11 is 0. The second kappa shape index (κ2) is 4.62. The maximum atomic E-state index is 10.3. The van der Waals surface area contributed by atoms with Crippen LogP contribution < -0.4 is 0 Å². The van der Waals surface area contributed by atoms with Crippen molar-refractivity contribution in [1.82, 2.24) is 0 Å². The van der Waals surface area contributed by atoms with Gasteiger partial charge in [-0.2, -0.15) is 0 Å². The molecule has 0 spiro atoms. The van der Waals surface area contributed by atoms with Crippen LogP contribution in [0.3, 0.4) is 0 Å². The predicted octanol–water partition coefficient (Wildman–Crippen LogP) is 3.30. The Hall–Kier alpha value is -0.383. The van der Waals surface area contributed by atoms with E-state index in [2.05, 4.69) is 31.9 Å². The molecule has 1 aliphatic heterocycles. The van der Waals surface area contributed by atoms with E-state index in [1.54, 1.807) is 0 Å². The molecule has 2 rings (SSSR count). The van der Waals surface area contributed by atoms with Gasteiger partial charge in [0.1, 0.15) is 0 Å². The summed E-state index contributed by atoms with van der Waals surface area (Å²) < 4.78 is 5.94. The second-order valence-corrected chi connectivity index (χ2v) is 12.2. The van der Waals surface area contributed by atoms with Gasteiger partial charge in [0.05, 0.1) is 26.4 Å². The molecular formula is C15H26O2Si. The van der Waals surface area contributed by atoms with Crippen LogP contribution in [0.25, 0.3) is 0 Å². The molecule has 0 radical (unpaired) electrons. The summed E-state index contributed by atoms with van der Waals surface area (Å²) in [6.45, 7) is 13.8. The molecule has 3 atom stereocenters. The summed E-state index contributed by atoms with van der Waals surface area (Å²) in [6.07, 6.45) is 2.89. The van der Waals surface area contributed by atoms with Gasteiger partial charge in [0.25, 0.3) is 0 Å². The first kappa shape index (κ1) is 14.0. The predicted molar refractivity (Wildman–Crippen MR) is 78.3 cm³/mol. The lowest BCUT2D eigenvalue weighted by Gasteiger charge is -2.24. The fourth-order valence-electron chi connectivity index (χ4n) is 3.00. The van der Waals surface area contributed by atoms with Crippen LogP contribution in [0.5, 0.6) is 0 Å². The largest absolute Gasteiger partial charge is 0.386 e. The normalized spacial score (nSPS) is 39.8. The zero-order valence-electron chi connectivity index (χ0n) is 12.1. The zero-order chi connectivity index (χ0) is 13.6. The number of aliphatic hydroxyl groups is 1. The van der Waals surface area contributed by atoms with Crippen LogP contribution in [-0.4, -0.2) is 31.5 Å². The minimum atomic E-state index is -1.21. The molecule has 0 aromatic heterocycles. The standard InChI is InChI=1S/C15H26O2Si/c1-11-8-13-12(10-18(3,4)5)9-17-14(13)6-7-15(11,2)16/h10,13-14,16H,1,6-9H2,2-5H3/b12-10+/t13-,14-,15?/m0/s1. The van der Waals surface area contributed by atoms with E-state index in [9.17, 15) is 5.11 Å². The molecule has 2 fully saturated rings. The van der Waals surface area contributed by atoms with Crippen molar-refractivity contribution in [2.75, 3.05) is 6.61 Å². The highest BCUT2D eigenvalue weighted by molar-refractivity contribution is 6.81. The molecule has 1 N–H and O–H groups in total. The molecule has 1 aliphatic carbocycles. The molecule has 0 bridgehead atoms. The monoisotopic (exact) mass is 266 g/mol. The molecule has 1 unspecified atom stereocenters. The van der Waals surface area contributed by atoms with Crippen LogP contribution >= 0.6 is 0 Å². The first-order chi connectivity index (χ1) is 8.19. The lowest BCUT2D eigenvalue weighted by Crippen LogP contribution is -2.25. The molecule has 2 nitrogen and oxygen atoms in total. The zero-order valence-corrected chi connectivity index (χ0v) is 13.1. The van der Waals surface area contributed by atoms with E-state index in [0.29, 0.717) is 12.0 Å². The molecule has 1 saturated heterocycles. The smallest absolute Gasteiger partial charge is 0.0827 e. The van der Waals surface area contributed by atoms with Crippen molar-refractivity contribution >= 4 is 8.07 Å². The van der Waals surface area contributed by atoms with Gasteiger partial charge in [-0.25, -0.2) is 0 Å². The van der Waals surface area contributed by atoms with Crippen LogP contribution in [-0.2, 0) is 4.74 Å². The minimum absolute atomic E-state index is 0.290. The van der Waals surface area contributed by atoms with E-state index in [4.69, 9.17) is 4.74 Å². The third-order valence-corrected chi connectivity index (χ3v) is 5.39. The highest BCUT2D eigenvalue weighted by Crippen LogP contribution is 2.42. The van der Waals surface area contributed by atoms with Crippen LogP contribution in [0.15, 0.2) is 23.4 Å². The Labute approximate surface area is 112 Å². The van der Waals surface area contributed by atoms with Crippen molar-refractivity contribution < 1.29 is 9.84 Å². The van der Waals surface area contributed by atoms with Crippen LogP contribution in [0.1, 0.15) is 26.2 Å². The van der Waals surface area contributed by atoms with Gasteiger partial charge in [-0.1, -0.05) is 31.9 Å². The van der Waals surface area contributed by atoms with Gasteiger partial charge in [0.15, 0.2) is 0 Å². The molecule has 102 valence electrons. The summed E-state index contributed by atoms with van der Waals surface area (Å²) in [5.74, 6) is 0.457. The lowest BCUT2D eigenvalue weighted by molar-refractivity contribution is 0.0567. The van der Waals surface area contributed by atoms with Gasteiger partial charge < -0.3 is 9.84 Å². The third kappa shape index (κ3) is 2.95. The summed E-state index contributed by atoms with van der Waals surface area (Å²) in [6, 6.07) is 0. The van der Waals surface area contributed by atoms with Crippen molar-refractivity contribution in [2.24, 2.45) is 5.92 Å². The average Bonchev–Trinajstić information content (AvgIpc) is 2.51. The van der Waals surface area contributed by atoms with Crippen molar-refractivity contribution in [2.45, 2.75) is 57.5 Å². The van der Waals surface area contributed by atoms with E-state index < -0.39 is 13.7 Å². The Morgan fingerprint density at radius 2 is 2.11 bits per heavy atom. The van der Waals surface area contributed by atoms with E-state index in [0.717, 1.165) is 31.4 Å². The van der Waals surface area contributed by atoms with Gasteiger partial charge in [-0.05, 0) is 37.3 Å². The number of ether oxygens (including phenoxy) is 1. The summed E-state index contributed by atoms with van der Waals surface area (Å²) in [4.78, 5) is 0. The van der Waals surface area contributed by atoms with Gasteiger partial charge in [0.2, 0.25) is 0 Å². The lowest BCUT2D eigenvalue weighted by atomic mass is 9.88. The van der Waals surface area contributed by atoms with Gasteiger partial charge in [-0.3, -0.25) is 0 Å². The Bertz CT molecular complexity index is 376. The molecule has 0 amide bonds. The Kier molecular flexibility index (Phi) is 3.60. The van der Waals surface area contributed by atoms with Crippen LogP contribution in [0.2, 0.25) is 19.6 Å². The van der Waals surface area contributed by atoms with Crippen molar-refractivity contribution in [3.8, 4) is 0 Å². The molecular weight excluding hydrogens is 240 g/mol. The highest BCUT2D eigenvalue weighted by Gasteiger charge is 2.40. The molecule has 0 aromatic rings. The van der Waals surface area contributed by atoms with Gasteiger partial charge in [-0.15, -0.1) is 0 Å². The Morgan fingerprint density at radius 1 is 1.44 bits per heavy atom. The molecule has 3 heteroatoms. The van der Waals surface area contributed by atoms with E-state index >= 15 is 0 Å². The number of hydrogen-bond acceptors (Lipinski definition) is 2. The number of hydrogen-bond donors (Lipinski definition) is 1. The molecule has 2 aliphatic rings. The maximum Gasteiger partial charge on any atom is 0.0827 e. The van der Waals surface area contributed by atoms with Crippen LogP contribution in [0.4, 0.5) is 0 Å². The number of rotatable bonds is 1. The first-order valence-corrected chi connectivity index (χ1v) is 10.5. The Balaban J connectivity index is 2.22. The first-order valence-electron chi connectivity index (χ1n) is 6.93. The average molecular weight is 266 g/mol. The summed E-state index contributed by atoms with van der Waals surface area (Å²) in [5, 5.41) is 10.3. The Morgan fingerprint density at radius 3 is 2.72 bits per heavy atom. The molecule has 1 heterocycles. The van der Waals surface area contributed by atoms with Crippen molar-refractivity contribution in [3.05, 3.63) is 23.4 Å². The van der Waals surface area contributed by atoms with Crippen molar-refractivity contribution in [1.29, 1.82) is 0 Å². The van der Waals surface area contributed by atoms with Crippen LogP contribution in [0, 0.1) is 5.92 Å². The van der Waals surface area contributed by atoms with E-state index in [1.807, 2.05) is 6.92 Å². The molecule has 18 heavy (non-hydrogen) atoms. The fourth-order valence-corrected chi connectivity index (χ4v) is 4.41. The highest BCUT2D eigenvalue weighted by atomic mass is 28.3. The van der Waals surface area contributed by atoms with E-state index in [1.165, 1.54) is 5.57 Å². The van der Waals surface area contributed by atoms with E-state index in [-0.39, 0.29) is 0 Å². The fraction of sp³-hybridized carbons (Fsp3) is 0.733. The van der Waals surface area contributed by atoms with Gasteiger partial charge in [0, 0.05) is 5.92 Å². The third-order valence-electron chi connectivity index (χ3n) is 4.15. The molecule has 1 saturated carbocycles. The topological polar surface area (TPSA) is 29.5 Å². The van der Waals surface area contributed by atoms with Gasteiger partial charge >= 0.3 is 0 Å². The summed E-state index contributed by atoms with van der Waals surface area (Å²) in [5.41, 5.74) is 4.20.